The van der Waals surface area contributed by atoms with Crippen LogP contribution in [-0.4, -0.2) is 18.2 Å². The molecule has 0 bridgehead atoms. The summed E-state index contributed by atoms with van der Waals surface area (Å²) in [6, 6.07) is 11.0. The lowest BCUT2D eigenvalue weighted by atomic mass is 9.93. The standard InChI is InChI=1S/C29H29Cl3N2O2S/c30-20-12-13-25(36-17-18-10-11-21(31)15-24(18)32)19(14-20)16-33-29-27(23-8-4-5-9-26(23)37-29)28(35)34-22-6-2-1-3-7-22/h10-16,22H,1-9,17H2,(H,34,35). The number of carbonyl (C=O) groups is 1. The van der Waals surface area contributed by atoms with Crippen molar-refractivity contribution in [2.75, 3.05) is 0 Å². The van der Waals surface area contributed by atoms with E-state index in [1.165, 1.54) is 29.7 Å². The second-order valence-electron chi connectivity index (χ2n) is 9.66. The van der Waals surface area contributed by atoms with E-state index < -0.39 is 0 Å². The summed E-state index contributed by atoms with van der Waals surface area (Å²) >= 11 is 20.3. The van der Waals surface area contributed by atoms with Crippen LogP contribution in [0, 0.1) is 0 Å². The van der Waals surface area contributed by atoms with Crippen molar-refractivity contribution in [3.05, 3.63) is 78.6 Å². The molecule has 0 radical (unpaired) electrons. The van der Waals surface area contributed by atoms with Crippen LogP contribution in [0.2, 0.25) is 15.1 Å². The van der Waals surface area contributed by atoms with E-state index in [4.69, 9.17) is 44.5 Å². The zero-order chi connectivity index (χ0) is 25.8. The SMILES string of the molecule is O=C(NC1CCCCC1)c1c(N=Cc2cc(Cl)ccc2OCc2ccc(Cl)cc2Cl)sc2c1CCCC2. The number of ether oxygens (including phenoxy) is 1. The van der Waals surface area contributed by atoms with E-state index in [0.29, 0.717) is 20.8 Å². The van der Waals surface area contributed by atoms with Gasteiger partial charge in [0, 0.05) is 43.3 Å². The molecule has 2 aliphatic carbocycles. The van der Waals surface area contributed by atoms with E-state index in [9.17, 15) is 4.79 Å². The third-order valence-corrected chi connectivity index (χ3v) is 9.03. The summed E-state index contributed by atoms with van der Waals surface area (Å²) in [6.07, 6.45) is 11.7. The lowest BCUT2D eigenvalue weighted by Gasteiger charge is -2.23. The van der Waals surface area contributed by atoms with Gasteiger partial charge in [0.2, 0.25) is 0 Å². The van der Waals surface area contributed by atoms with Gasteiger partial charge in [-0.15, -0.1) is 11.3 Å². The molecule has 2 aliphatic rings. The summed E-state index contributed by atoms with van der Waals surface area (Å²) in [4.78, 5) is 19.6. The number of benzene rings is 2. The normalized spacial score (nSPS) is 16.1. The summed E-state index contributed by atoms with van der Waals surface area (Å²) in [5.41, 5.74) is 3.50. The molecule has 37 heavy (non-hydrogen) atoms. The van der Waals surface area contributed by atoms with Crippen molar-refractivity contribution in [2.45, 2.75) is 70.4 Å². The van der Waals surface area contributed by atoms with Crippen molar-refractivity contribution in [2.24, 2.45) is 4.99 Å². The molecule has 194 valence electrons. The van der Waals surface area contributed by atoms with Crippen LogP contribution in [0.5, 0.6) is 5.75 Å². The minimum Gasteiger partial charge on any atom is -0.488 e. The van der Waals surface area contributed by atoms with E-state index in [1.807, 2.05) is 18.2 Å². The van der Waals surface area contributed by atoms with Crippen LogP contribution in [-0.2, 0) is 19.4 Å². The quantitative estimate of drug-likeness (QED) is 0.286. The first kappa shape index (κ1) is 26.6. The first-order valence-electron chi connectivity index (χ1n) is 12.8. The Morgan fingerprint density at radius 2 is 1.76 bits per heavy atom. The van der Waals surface area contributed by atoms with Gasteiger partial charge in [0.15, 0.2) is 0 Å². The highest BCUT2D eigenvalue weighted by Crippen LogP contribution is 2.40. The molecule has 0 unspecified atom stereocenters. The summed E-state index contributed by atoms with van der Waals surface area (Å²) in [5.74, 6) is 0.645. The predicted molar refractivity (Wildman–Crippen MR) is 155 cm³/mol. The van der Waals surface area contributed by atoms with E-state index in [0.717, 1.165) is 60.2 Å². The Bertz CT molecular complexity index is 1310. The molecule has 1 N–H and O–H groups in total. The number of aliphatic imine (C=N–C) groups is 1. The van der Waals surface area contributed by atoms with Gasteiger partial charge < -0.3 is 10.1 Å². The molecular formula is C29H29Cl3N2O2S. The van der Waals surface area contributed by atoms with Crippen LogP contribution in [0.25, 0.3) is 0 Å². The first-order chi connectivity index (χ1) is 18.0. The average molecular weight is 576 g/mol. The number of thiophene rings is 1. The zero-order valence-electron chi connectivity index (χ0n) is 20.5. The second kappa shape index (κ2) is 12.2. The number of rotatable bonds is 7. The summed E-state index contributed by atoms with van der Waals surface area (Å²) in [6.45, 7) is 0.279. The highest BCUT2D eigenvalue weighted by Gasteiger charge is 2.27. The minimum absolute atomic E-state index is 0.0124. The van der Waals surface area contributed by atoms with Crippen LogP contribution in [0.3, 0.4) is 0 Å². The highest BCUT2D eigenvalue weighted by atomic mass is 35.5. The maximum atomic E-state index is 13.5. The van der Waals surface area contributed by atoms with E-state index in [1.54, 1.807) is 35.8 Å². The number of aryl methyl sites for hydroxylation is 1. The predicted octanol–water partition coefficient (Wildman–Crippen LogP) is 8.98. The third-order valence-electron chi connectivity index (χ3n) is 7.01. The Hall–Kier alpha value is -2.05. The molecule has 5 rings (SSSR count). The Kier molecular flexibility index (Phi) is 8.76. The van der Waals surface area contributed by atoms with Gasteiger partial charge in [0.05, 0.1) is 5.56 Å². The topological polar surface area (TPSA) is 50.7 Å². The molecular weight excluding hydrogens is 547 g/mol. The molecule has 4 nitrogen and oxygen atoms in total. The molecule has 3 aromatic rings. The first-order valence-corrected chi connectivity index (χ1v) is 14.8. The van der Waals surface area contributed by atoms with Crippen molar-refractivity contribution in [3.8, 4) is 5.75 Å². The van der Waals surface area contributed by atoms with Gasteiger partial charge in [-0.2, -0.15) is 0 Å². The Morgan fingerprint density at radius 3 is 2.57 bits per heavy atom. The molecule has 0 atom stereocenters. The molecule has 0 spiro atoms. The Balaban J connectivity index is 1.40. The molecule has 1 heterocycles. The van der Waals surface area contributed by atoms with Crippen LogP contribution >= 0.6 is 46.1 Å². The molecule has 1 saturated carbocycles. The molecule has 2 aromatic carbocycles. The third kappa shape index (κ3) is 6.51. The highest BCUT2D eigenvalue weighted by molar-refractivity contribution is 7.16. The maximum Gasteiger partial charge on any atom is 0.254 e. The summed E-state index contributed by atoms with van der Waals surface area (Å²) in [7, 11) is 0. The van der Waals surface area contributed by atoms with Crippen molar-refractivity contribution in [3.63, 3.8) is 0 Å². The maximum absolute atomic E-state index is 13.5. The lowest BCUT2D eigenvalue weighted by molar-refractivity contribution is 0.0927. The van der Waals surface area contributed by atoms with Crippen LogP contribution < -0.4 is 10.1 Å². The van der Waals surface area contributed by atoms with Crippen molar-refractivity contribution >= 4 is 63.3 Å². The number of carbonyl (C=O) groups excluding carboxylic acids is 1. The van der Waals surface area contributed by atoms with Gasteiger partial charge in [0.25, 0.3) is 5.91 Å². The van der Waals surface area contributed by atoms with Gasteiger partial charge >= 0.3 is 0 Å². The smallest absolute Gasteiger partial charge is 0.254 e. The molecule has 1 aromatic heterocycles. The van der Waals surface area contributed by atoms with Crippen LogP contribution in [0.1, 0.15) is 76.9 Å². The Labute approximate surface area is 237 Å². The van der Waals surface area contributed by atoms with Crippen molar-refractivity contribution < 1.29 is 9.53 Å². The van der Waals surface area contributed by atoms with E-state index >= 15 is 0 Å². The van der Waals surface area contributed by atoms with Crippen LogP contribution in [0.15, 0.2) is 41.4 Å². The van der Waals surface area contributed by atoms with Gasteiger partial charge in [-0.1, -0.05) is 60.1 Å². The van der Waals surface area contributed by atoms with Gasteiger partial charge in [-0.05, 0) is 74.4 Å². The number of amides is 1. The summed E-state index contributed by atoms with van der Waals surface area (Å²) < 4.78 is 6.09. The molecule has 1 amide bonds. The van der Waals surface area contributed by atoms with Crippen molar-refractivity contribution in [1.82, 2.24) is 5.32 Å². The monoisotopic (exact) mass is 574 g/mol. The fraction of sp³-hybridized carbons (Fsp3) is 0.379. The van der Waals surface area contributed by atoms with Gasteiger partial charge in [-0.25, -0.2) is 4.99 Å². The van der Waals surface area contributed by atoms with Crippen LogP contribution in [0.4, 0.5) is 5.00 Å². The second-order valence-corrected chi connectivity index (χ2v) is 12.0. The van der Waals surface area contributed by atoms with E-state index in [2.05, 4.69) is 5.32 Å². The fourth-order valence-corrected chi connectivity index (χ4v) is 6.93. The fourth-order valence-electron chi connectivity index (χ4n) is 5.06. The number of nitrogens with zero attached hydrogens (tertiary/aromatic N) is 1. The number of fused-ring (bicyclic) bond motifs is 1. The van der Waals surface area contributed by atoms with Gasteiger partial charge in [-0.3, -0.25) is 4.79 Å². The number of nitrogens with one attached hydrogen (secondary N) is 1. The van der Waals surface area contributed by atoms with Crippen molar-refractivity contribution in [1.29, 1.82) is 0 Å². The molecule has 8 heteroatoms. The molecule has 0 saturated heterocycles. The zero-order valence-corrected chi connectivity index (χ0v) is 23.6. The average Bonchev–Trinajstić information content (AvgIpc) is 3.27. The minimum atomic E-state index is 0.0124. The van der Waals surface area contributed by atoms with E-state index in [-0.39, 0.29) is 18.6 Å². The number of hydrogen-bond donors (Lipinski definition) is 1. The lowest BCUT2D eigenvalue weighted by Crippen LogP contribution is -2.36. The number of hydrogen-bond acceptors (Lipinski definition) is 4. The summed E-state index contributed by atoms with van der Waals surface area (Å²) in [5, 5.41) is 5.77. The Morgan fingerprint density at radius 1 is 1.00 bits per heavy atom. The molecule has 1 fully saturated rings. The molecule has 0 aliphatic heterocycles. The number of halogens is 3. The largest absolute Gasteiger partial charge is 0.488 e. The van der Waals surface area contributed by atoms with Gasteiger partial charge in [0.1, 0.15) is 17.4 Å².